The topological polar surface area (TPSA) is 0 Å². The average Bonchev–Trinajstić information content (AvgIpc) is 2.84. The summed E-state index contributed by atoms with van der Waals surface area (Å²) >= 11 is 3.71. The Hall–Kier alpha value is -0.600. The van der Waals surface area contributed by atoms with Crippen LogP contribution in [-0.2, 0) is 6.42 Å². The number of rotatable bonds is 4. The van der Waals surface area contributed by atoms with Crippen LogP contribution in [0.15, 0.2) is 29.0 Å². The van der Waals surface area contributed by atoms with E-state index in [1.807, 2.05) is 22.7 Å². The molecule has 0 unspecified atom stereocenters. The first-order chi connectivity index (χ1) is 6.92. The van der Waals surface area contributed by atoms with Crippen LogP contribution in [0.1, 0.15) is 25.3 Å². The van der Waals surface area contributed by atoms with Gasteiger partial charge in [0, 0.05) is 9.75 Å². The van der Waals surface area contributed by atoms with Gasteiger partial charge in [-0.2, -0.15) is 0 Å². The molecule has 0 spiro atoms. The van der Waals surface area contributed by atoms with Crippen LogP contribution in [0, 0.1) is 0 Å². The summed E-state index contributed by atoms with van der Waals surface area (Å²) in [4.78, 5) is 2.90. The van der Waals surface area contributed by atoms with E-state index in [1.54, 1.807) is 0 Å². The fourth-order valence-electron chi connectivity index (χ4n) is 1.52. The third kappa shape index (κ3) is 2.07. The van der Waals surface area contributed by atoms with Crippen molar-refractivity contribution in [3.63, 3.8) is 0 Å². The zero-order chi connectivity index (χ0) is 9.80. The zero-order valence-electron chi connectivity index (χ0n) is 8.32. The van der Waals surface area contributed by atoms with E-state index < -0.39 is 0 Å². The van der Waals surface area contributed by atoms with Gasteiger partial charge >= 0.3 is 0 Å². The Morgan fingerprint density at radius 3 is 2.79 bits per heavy atom. The van der Waals surface area contributed by atoms with E-state index in [2.05, 4.69) is 35.9 Å². The zero-order valence-corrected chi connectivity index (χ0v) is 9.96. The van der Waals surface area contributed by atoms with Gasteiger partial charge in [-0.05, 0) is 41.3 Å². The molecule has 0 nitrogen and oxygen atoms in total. The van der Waals surface area contributed by atoms with Crippen molar-refractivity contribution in [1.82, 2.24) is 0 Å². The maximum absolute atomic E-state index is 2.27. The molecule has 0 saturated carbocycles. The highest BCUT2D eigenvalue weighted by atomic mass is 32.1. The number of hydrogen-bond acceptors (Lipinski definition) is 2. The average molecular weight is 222 g/mol. The molecule has 2 aromatic heterocycles. The number of aryl methyl sites for hydroxylation is 1. The van der Waals surface area contributed by atoms with Gasteiger partial charge in [0.25, 0.3) is 0 Å². The largest absolute Gasteiger partial charge is 0.143 e. The minimum atomic E-state index is 1.23. The third-order valence-corrected chi connectivity index (χ3v) is 4.30. The van der Waals surface area contributed by atoms with Crippen LogP contribution in [0.25, 0.3) is 9.75 Å². The van der Waals surface area contributed by atoms with Gasteiger partial charge in [0.15, 0.2) is 0 Å². The SMILES string of the molecule is CCCCc1ccsc1-c1cccs1. The molecule has 2 aromatic rings. The molecule has 0 aliphatic carbocycles. The highest BCUT2D eigenvalue weighted by molar-refractivity contribution is 7.20. The fraction of sp³-hybridized carbons (Fsp3) is 0.333. The lowest BCUT2D eigenvalue weighted by Gasteiger charge is -1.99. The van der Waals surface area contributed by atoms with E-state index in [9.17, 15) is 0 Å². The van der Waals surface area contributed by atoms with Crippen LogP contribution in [0.2, 0.25) is 0 Å². The van der Waals surface area contributed by atoms with Crippen LogP contribution < -0.4 is 0 Å². The Labute approximate surface area is 93.2 Å². The van der Waals surface area contributed by atoms with Crippen molar-refractivity contribution in [3.05, 3.63) is 34.5 Å². The molecule has 74 valence electrons. The van der Waals surface area contributed by atoms with Crippen LogP contribution in [-0.4, -0.2) is 0 Å². The van der Waals surface area contributed by atoms with E-state index >= 15 is 0 Å². The number of hydrogen-bond donors (Lipinski definition) is 0. The molecule has 0 atom stereocenters. The van der Waals surface area contributed by atoms with Gasteiger partial charge in [-0.3, -0.25) is 0 Å². The van der Waals surface area contributed by atoms with E-state index in [-0.39, 0.29) is 0 Å². The quantitative estimate of drug-likeness (QED) is 0.695. The van der Waals surface area contributed by atoms with Crippen LogP contribution >= 0.6 is 22.7 Å². The molecule has 0 fully saturated rings. The summed E-state index contributed by atoms with van der Waals surface area (Å²) < 4.78 is 0. The summed E-state index contributed by atoms with van der Waals surface area (Å²) in [7, 11) is 0. The van der Waals surface area contributed by atoms with Crippen molar-refractivity contribution in [2.45, 2.75) is 26.2 Å². The van der Waals surface area contributed by atoms with E-state index in [4.69, 9.17) is 0 Å². The Morgan fingerprint density at radius 2 is 2.07 bits per heavy atom. The predicted molar refractivity (Wildman–Crippen MR) is 66.2 cm³/mol. The molecule has 0 N–H and O–H groups in total. The molecular formula is C12H14S2. The maximum atomic E-state index is 2.27. The van der Waals surface area contributed by atoms with Crippen molar-refractivity contribution >= 4 is 22.7 Å². The molecule has 0 aliphatic rings. The van der Waals surface area contributed by atoms with Crippen molar-refractivity contribution in [3.8, 4) is 9.75 Å². The third-order valence-electron chi connectivity index (χ3n) is 2.29. The van der Waals surface area contributed by atoms with Crippen LogP contribution in [0.3, 0.4) is 0 Å². The molecule has 14 heavy (non-hydrogen) atoms. The van der Waals surface area contributed by atoms with Gasteiger partial charge in [0.1, 0.15) is 0 Å². The Kier molecular flexibility index (Phi) is 3.38. The van der Waals surface area contributed by atoms with E-state index in [0.29, 0.717) is 0 Å². The van der Waals surface area contributed by atoms with Gasteiger partial charge in [-0.1, -0.05) is 19.4 Å². The lowest BCUT2D eigenvalue weighted by atomic mass is 10.1. The summed E-state index contributed by atoms with van der Waals surface area (Å²) in [6.07, 6.45) is 3.81. The van der Waals surface area contributed by atoms with Crippen molar-refractivity contribution in [2.24, 2.45) is 0 Å². The lowest BCUT2D eigenvalue weighted by Crippen LogP contribution is -1.82. The second-order valence-electron chi connectivity index (χ2n) is 3.36. The van der Waals surface area contributed by atoms with Gasteiger partial charge in [-0.25, -0.2) is 0 Å². The Morgan fingerprint density at radius 1 is 1.14 bits per heavy atom. The first kappa shape index (κ1) is 9.94. The van der Waals surface area contributed by atoms with Gasteiger partial charge < -0.3 is 0 Å². The fourth-order valence-corrected chi connectivity index (χ4v) is 3.39. The molecule has 0 amide bonds. The first-order valence-electron chi connectivity index (χ1n) is 5.02. The van der Waals surface area contributed by atoms with Gasteiger partial charge in [0.2, 0.25) is 0 Å². The smallest absolute Gasteiger partial charge is 0.0474 e. The molecule has 0 radical (unpaired) electrons. The summed E-state index contributed by atoms with van der Waals surface area (Å²) in [5, 5.41) is 4.36. The van der Waals surface area contributed by atoms with E-state index in [0.717, 1.165) is 0 Å². The highest BCUT2D eigenvalue weighted by Crippen LogP contribution is 2.33. The molecule has 0 saturated heterocycles. The van der Waals surface area contributed by atoms with Crippen LogP contribution in [0.4, 0.5) is 0 Å². The summed E-state index contributed by atoms with van der Waals surface area (Å²) in [5.74, 6) is 0. The first-order valence-corrected chi connectivity index (χ1v) is 6.78. The summed E-state index contributed by atoms with van der Waals surface area (Å²) in [6.45, 7) is 2.25. The Balaban J connectivity index is 2.22. The van der Waals surface area contributed by atoms with Crippen molar-refractivity contribution in [2.75, 3.05) is 0 Å². The predicted octanol–water partition coefficient (Wildman–Crippen LogP) is 4.82. The molecule has 0 bridgehead atoms. The number of thiophene rings is 2. The van der Waals surface area contributed by atoms with Crippen LogP contribution in [0.5, 0.6) is 0 Å². The normalized spacial score (nSPS) is 10.6. The minimum Gasteiger partial charge on any atom is -0.143 e. The van der Waals surface area contributed by atoms with Gasteiger partial charge in [0.05, 0.1) is 0 Å². The highest BCUT2D eigenvalue weighted by Gasteiger charge is 2.06. The monoisotopic (exact) mass is 222 g/mol. The molecule has 0 aromatic carbocycles. The Bertz CT molecular complexity index is 371. The lowest BCUT2D eigenvalue weighted by molar-refractivity contribution is 0.798. The minimum absolute atomic E-state index is 1.23. The molecule has 2 heterocycles. The second-order valence-corrected chi connectivity index (χ2v) is 5.22. The standard InChI is InChI=1S/C12H14S2/c1-2-3-5-10-7-9-14-12(10)11-6-4-8-13-11/h4,6-9H,2-3,5H2,1H3. The van der Waals surface area contributed by atoms with Crippen molar-refractivity contribution < 1.29 is 0 Å². The molecule has 2 rings (SSSR count). The number of unbranched alkanes of at least 4 members (excludes halogenated alkanes) is 1. The summed E-state index contributed by atoms with van der Waals surface area (Å²) in [5.41, 5.74) is 1.53. The summed E-state index contributed by atoms with van der Waals surface area (Å²) in [6, 6.07) is 6.62. The molecule has 2 heteroatoms. The second kappa shape index (κ2) is 4.76. The molecular weight excluding hydrogens is 208 g/mol. The van der Waals surface area contributed by atoms with Gasteiger partial charge in [-0.15, -0.1) is 22.7 Å². The van der Waals surface area contributed by atoms with Crippen molar-refractivity contribution in [1.29, 1.82) is 0 Å². The maximum Gasteiger partial charge on any atom is 0.0474 e. The molecule has 0 aliphatic heterocycles. The van der Waals surface area contributed by atoms with E-state index in [1.165, 1.54) is 34.6 Å².